The summed E-state index contributed by atoms with van der Waals surface area (Å²) in [5.41, 5.74) is 0.810. The minimum Gasteiger partial charge on any atom is -0.486 e. The van der Waals surface area contributed by atoms with Crippen molar-refractivity contribution in [2.75, 3.05) is 24.3 Å². The summed E-state index contributed by atoms with van der Waals surface area (Å²) in [4.78, 5) is 12.9. The summed E-state index contributed by atoms with van der Waals surface area (Å²) in [6.07, 6.45) is 0. The third-order valence-corrected chi connectivity index (χ3v) is 3.93. The van der Waals surface area contributed by atoms with Gasteiger partial charge in [0.2, 0.25) is 5.91 Å². The number of para-hydroxylation sites is 1. The molecule has 0 fully saturated rings. The van der Waals surface area contributed by atoms with E-state index in [2.05, 4.69) is 5.32 Å². The monoisotopic (exact) mass is 301 g/mol. The number of nitrogens with one attached hydrogen (secondary N) is 1. The first kappa shape index (κ1) is 13.8. The molecule has 21 heavy (non-hydrogen) atoms. The van der Waals surface area contributed by atoms with Crippen LogP contribution in [0.1, 0.15) is 0 Å². The van der Waals surface area contributed by atoms with Crippen LogP contribution in [0.5, 0.6) is 11.5 Å². The molecule has 1 N–H and O–H groups in total. The zero-order chi connectivity index (χ0) is 14.5. The molecule has 1 aliphatic heterocycles. The smallest absolute Gasteiger partial charge is 0.234 e. The fourth-order valence-electron chi connectivity index (χ4n) is 1.98. The van der Waals surface area contributed by atoms with Crippen molar-refractivity contribution in [1.29, 1.82) is 0 Å². The lowest BCUT2D eigenvalue weighted by Crippen LogP contribution is -2.15. The molecule has 3 rings (SSSR count). The number of carbonyl (C=O) groups excluding carboxylic acids is 1. The highest BCUT2D eigenvalue weighted by Gasteiger charge is 2.12. The van der Waals surface area contributed by atoms with Crippen LogP contribution in [-0.4, -0.2) is 24.9 Å². The minimum absolute atomic E-state index is 0.0268. The Bertz CT molecular complexity index is 631. The molecule has 0 unspecified atom stereocenters. The molecule has 1 aliphatic rings. The number of hydrogen-bond donors (Lipinski definition) is 1. The maximum Gasteiger partial charge on any atom is 0.234 e. The lowest BCUT2D eigenvalue weighted by atomic mass is 10.3. The molecule has 0 spiro atoms. The number of rotatable bonds is 4. The normalized spacial score (nSPS) is 12.8. The predicted octanol–water partition coefficient (Wildman–Crippen LogP) is 3.19. The lowest BCUT2D eigenvalue weighted by Gasteiger charge is -2.18. The van der Waals surface area contributed by atoms with Gasteiger partial charge in [-0.05, 0) is 30.3 Å². The summed E-state index contributed by atoms with van der Waals surface area (Å²) in [7, 11) is 0. The molecule has 2 aromatic rings. The second-order valence-electron chi connectivity index (χ2n) is 4.51. The first-order chi connectivity index (χ1) is 10.3. The highest BCUT2D eigenvalue weighted by molar-refractivity contribution is 8.00. The van der Waals surface area contributed by atoms with E-state index < -0.39 is 0 Å². The van der Waals surface area contributed by atoms with Crippen molar-refractivity contribution >= 4 is 23.4 Å². The van der Waals surface area contributed by atoms with E-state index >= 15 is 0 Å². The number of benzene rings is 2. The van der Waals surface area contributed by atoms with Gasteiger partial charge in [-0.3, -0.25) is 4.79 Å². The lowest BCUT2D eigenvalue weighted by molar-refractivity contribution is -0.113. The summed E-state index contributed by atoms with van der Waals surface area (Å²) in [6.45, 7) is 1.15. The molecule has 0 bridgehead atoms. The van der Waals surface area contributed by atoms with E-state index in [0.29, 0.717) is 19.0 Å². The van der Waals surface area contributed by atoms with Gasteiger partial charge in [0.15, 0.2) is 11.5 Å². The van der Waals surface area contributed by atoms with Gasteiger partial charge in [-0.2, -0.15) is 0 Å². The molecule has 1 amide bonds. The SMILES string of the molecule is O=C(CSc1ccc2c(c1)OCCO2)Nc1ccccc1. The minimum atomic E-state index is -0.0268. The van der Waals surface area contributed by atoms with Gasteiger partial charge in [-0.1, -0.05) is 18.2 Å². The van der Waals surface area contributed by atoms with Crippen molar-refractivity contribution in [3.05, 3.63) is 48.5 Å². The molecular weight excluding hydrogens is 286 g/mol. The molecule has 0 aliphatic carbocycles. The Morgan fingerprint density at radius 2 is 1.81 bits per heavy atom. The molecule has 0 aromatic heterocycles. The van der Waals surface area contributed by atoms with Gasteiger partial charge in [-0.15, -0.1) is 11.8 Å². The summed E-state index contributed by atoms with van der Waals surface area (Å²) < 4.78 is 11.0. The second-order valence-corrected chi connectivity index (χ2v) is 5.56. The number of ether oxygens (including phenoxy) is 2. The molecule has 1 heterocycles. The van der Waals surface area contributed by atoms with Crippen LogP contribution >= 0.6 is 11.8 Å². The quantitative estimate of drug-likeness (QED) is 0.881. The van der Waals surface area contributed by atoms with Crippen molar-refractivity contribution in [3.63, 3.8) is 0 Å². The first-order valence-corrected chi connectivity index (χ1v) is 7.67. The van der Waals surface area contributed by atoms with Crippen molar-refractivity contribution < 1.29 is 14.3 Å². The first-order valence-electron chi connectivity index (χ1n) is 6.68. The van der Waals surface area contributed by atoms with E-state index in [1.807, 2.05) is 48.5 Å². The van der Waals surface area contributed by atoms with Crippen LogP contribution in [0.2, 0.25) is 0 Å². The summed E-state index contributed by atoms with van der Waals surface area (Å²) >= 11 is 1.47. The Morgan fingerprint density at radius 3 is 2.62 bits per heavy atom. The highest BCUT2D eigenvalue weighted by Crippen LogP contribution is 2.34. The van der Waals surface area contributed by atoms with Gasteiger partial charge in [0, 0.05) is 10.6 Å². The topological polar surface area (TPSA) is 47.6 Å². The van der Waals surface area contributed by atoms with Crippen molar-refractivity contribution in [3.8, 4) is 11.5 Å². The number of amides is 1. The van der Waals surface area contributed by atoms with Gasteiger partial charge in [0.1, 0.15) is 13.2 Å². The van der Waals surface area contributed by atoms with Crippen LogP contribution in [0.25, 0.3) is 0 Å². The van der Waals surface area contributed by atoms with Crippen molar-refractivity contribution in [2.45, 2.75) is 4.90 Å². The Labute approximate surface area is 127 Å². The molecule has 0 radical (unpaired) electrons. The maximum absolute atomic E-state index is 11.9. The Kier molecular flexibility index (Phi) is 4.31. The average molecular weight is 301 g/mol. The molecule has 2 aromatic carbocycles. The number of carbonyl (C=O) groups is 1. The van der Waals surface area contributed by atoms with Crippen LogP contribution in [0.15, 0.2) is 53.4 Å². The highest BCUT2D eigenvalue weighted by atomic mass is 32.2. The molecule has 0 atom stereocenters. The Hall–Kier alpha value is -2.14. The van der Waals surface area contributed by atoms with Gasteiger partial charge < -0.3 is 14.8 Å². The largest absolute Gasteiger partial charge is 0.486 e. The third kappa shape index (κ3) is 3.70. The molecule has 0 saturated heterocycles. The molecule has 4 nitrogen and oxygen atoms in total. The number of hydrogen-bond acceptors (Lipinski definition) is 4. The fourth-order valence-corrected chi connectivity index (χ4v) is 2.71. The van der Waals surface area contributed by atoms with E-state index in [-0.39, 0.29) is 5.91 Å². The fraction of sp³-hybridized carbons (Fsp3) is 0.188. The number of thioether (sulfide) groups is 1. The molecule has 5 heteroatoms. The predicted molar refractivity (Wildman–Crippen MR) is 83.2 cm³/mol. The van der Waals surface area contributed by atoms with Gasteiger partial charge in [0.05, 0.1) is 5.75 Å². The van der Waals surface area contributed by atoms with Crippen LogP contribution < -0.4 is 14.8 Å². The van der Waals surface area contributed by atoms with Gasteiger partial charge >= 0.3 is 0 Å². The zero-order valence-corrected chi connectivity index (χ0v) is 12.2. The van der Waals surface area contributed by atoms with Crippen LogP contribution in [0, 0.1) is 0 Å². The zero-order valence-electron chi connectivity index (χ0n) is 11.4. The molecule has 108 valence electrons. The second kappa shape index (κ2) is 6.54. The Balaban J connectivity index is 1.56. The van der Waals surface area contributed by atoms with Crippen LogP contribution in [-0.2, 0) is 4.79 Å². The average Bonchev–Trinajstić information content (AvgIpc) is 2.54. The van der Waals surface area contributed by atoms with E-state index in [9.17, 15) is 4.79 Å². The summed E-state index contributed by atoms with van der Waals surface area (Å²) in [5.74, 6) is 1.84. The van der Waals surface area contributed by atoms with Crippen LogP contribution in [0.4, 0.5) is 5.69 Å². The summed E-state index contributed by atoms with van der Waals surface area (Å²) in [6, 6.07) is 15.2. The maximum atomic E-state index is 11.9. The van der Waals surface area contributed by atoms with Gasteiger partial charge in [0.25, 0.3) is 0 Å². The van der Waals surface area contributed by atoms with Crippen molar-refractivity contribution in [2.24, 2.45) is 0 Å². The van der Waals surface area contributed by atoms with Crippen molar-refractivity contribution in [1.82, 2.24) is 0 Å². The third-order valence-electron chi connectivity index (χ3n) is 2.94. The van der Waals surface area contributed by atoms with E-state index in [1.165, 1.54) is 11.8 Å². The van der Waals surface area contributed by atoms with Gasteiger partial charge in [-0.25, -0.2) is 0 Å². The standard InChI is InChI=1S/C16H15NO3S/c18-16(17-12-4-2-1-3-5-12)11-21-13-6-7-14-15(10-13)20-9-8-19-14/h1-7,10H,8-9,11H2,(H,17,18). The van der Waals surface area contributed by atoms with E-state index in [0.717, 1.165) is 22.1 Å². The number of anilines is 1. The van der Waals surface area contributed by atoms with E-state index in [1.54, 1.807) is 0 Å². The van der Waals surface area contributed by atoms with E-state index in [4.69, 9.17) is 9.47 Å². The number of fused-ring (bicyclic) bond motifs is 1. The molecular formula is C16H15NO3S. The Morgan fingerprint density at radius 1 is 1.05 bits per heavy atom. The molecule has 0 saturated carbocycles. The summed E-state index contributed by atoms with van der Waals surface area (Å²) in [5, 5.41) is 2.86. The van der Waals surface area contributed by atoms with Crippen LogP contribution in [0.3, 0.4) is 0 Å².